The number of carbonyl (C=O) groups is 1. The number of phenols is 1. The molecule has 1 aliphatic heterocycles. The van der Waals surface area contributed by atoms with Crippen LogP contribution in [0.1, 0.15) is 32.6 Å². The molecular formula is C33H40ClFN6O3. The van der Waals surface area contributed by atoms with Crippen LogP contribution < -0.4 is 20.3 Å². The highest BCUT2D eigenvalue weighted by Gasteiger charge is 2.24. The Balaban J connectivity index is 1.36. The van der Waals surface area contributed by atoms with E-state index in [0.717, 1.165) is 62.6 Å². The van der Waals surface area contributed by atoms with Crippen LogP contribution in [0.4, 0.5) is 10.2 Å². The van der Waals surface area contributed by atoms with Crippen LogP contribution in [0, 0.1) is 5.82 Å². The maximum Gasteiger partial charge on any atom is 0.319 e. The first-order valence-electron chi connectivity index (χ1n) is 15.2. The highest BCUT2D eigenvalue weighted by molar-refractivity contribution is 6.35. The summed E-state index contributed by atoms with van der Waals surface area (Å²) in [6.45, 7) is 7.41. The largest absolute Gasteiger partial charge is 0.508 e. The van der Waals surface area contributed by atoms with Gasteiger partial charge in [0, 0.05) is 57.1 Å². The van der Waals surface area contributed by atoms with Gasteiger partial charge in [0.1, 0.15) is 17.1 Å². The molecule has 234 valence electrons. The quantitative estimate of drug-likeness (QED) is 0.171. The molecule has 2 heterocycles. The second-order valence-corrected chi connectivity index (χ2v) is 11.7. The van der Waals surface area contributed by atoms with Crippen molar-refractivity contribution in [3.05, 3.63) is 53.3 Å². The van der Waals surface area contributed by atoms with Crippen LogP contribution in [-0.2, 0) is 4.79 Å². The number of ether oxygens (including phenoxy) is 1. The zero-order chi connectivity index (χ0) is 31.1. The van der Waals surface area contributed by atoms with Crippen molar-refractivity contribution < 1.29 is 19.0 Å². The molecule has 11 heteroatoms. The summed E-state index contributed by atoms with van der Waals surface area (Å²) < 4.78 is 22.6. The van der Waals surface area contributed by atoms with Gasteiger partial charge in [-0.2, -0.15) is 9.97 Å². The van der Waals surface area contributed by atoms with Gasteiger partial charge < -0.3 is 30.3 Å². The van der Waals surface area contributed by atoms with Crippen molar-refractivity contribution in [1.29, 1.82) is 0 Å². The Bertz CT molecular complexity index is 1610. The first-order chi connectivity index (χ1) is 21.3. The number of fused-ring (bicyclic) bond motifs is 2. The van der Waals surface area contributed by atoms with Gasteiger partial charge in [0.15, 0.2) is 5.82 Å². The molecular weight excluding hydrogens is 583 g/mol. The fourth-order valence-electron chi connectivity index (χ4n) is 5.65. The average molecular weight is 623 g/mol. The van der Waals surface area contributed by atoms with Gasteiger partial charge in [-0.25, -0.2) is 4.39 Å². The minimum Gasteiger partial charge on any atom is -0.508 e. The molecule has 0 spiro atoms. The summed E-state index contributed by atoms with van der Waals surface area (Å²) in [5, 5.41) is 18.9. The van der Waals surface area contributed by atoms with Crippen molar-refractivity contribution in [2.75, 3.05) is 64.4 Å². The summed E-state index contributed by atoms with van der Waals surface area (Å²) in [6.07, 6.45) is 3.83. The van der Waals surface area contributed by atoms with E-state index in [1.807, 2.05) is 24.3 Å². The van der Waals surface area contributed by atoms with Crippen molar-refractivity contribution >= 4 is 45.0 Å². The number of aromatic nitrogens is 2. The molecule has 0 bridgehead atoms. The van der Waals surface area contributed by atoms with Crippen molar-refractivity contribution in [3.8, 4) is 22.9 Å². The number of piperazine rings is 1. The van der Waals surface area contributed by atoms with Crippen LogP contribution in [0.3, 0.4) is 0 Å². The van der Waals surface area contributed by atoms with E-state index in [2.05, 4.69) is 32.5 Å². The van der Waals surface area contributed by atoms with Gasteiger partial charge in [0.25, 0.3) is 0 Å². The van der Waals surface area contributed by atoms with Crippen LogP contribution in [0.2, 0.25) is 5.02 Å². The van der Waals surface area contributed by atoms with Gasteiger partial charge in [-0.05, 0) is 67.4 Å². The number of rotatable bonds is 13. The van der Waals surface area contributed by atoms with E-state index < -0.39 is 5.82 Å². The summed E-state index contributed by atoms with van der Waals surface area (Å²) in [5.74, 6) is 0.0493. The number of hydrogen-bond acceptors (Lipinski definition) is 8. The lowest BCUT2D eigenvalue weighted by Gasteiger charge is -2.29. The lowest BCUT2D eigenvalue weighted by molar-refractivity contribution is -0.118. The predicted molar refractivity (Wildman–Crippen MR) is 174 cm³/mol. The molecule has 1 aromatic heterocycles. The third kappa shape index (κ3) is 7.67. The van der Waals surface area contributed by atoms with Crippen molar-refractivity contribution in [2.24, 2.45) is 0 Å². The number of anilines is 1. The Morgan fingerprint density at radius 3 is 2.66 bits per heavy atom. The molecule has 1 aliphatic rings. The standard InChI is InChI=1S/C33H40ClFN6O3/c1-22(42)37-11-6-3-7-14-40(2)15-8-18-44-33-38-31-27(32(39-33)41-16-12-36-13-17-41)21-28(34)29(30(31)35)26-20-24(43)19-23-9-4-5-10-25(23)26/h4-5,9-10,19-21,36,43H,3,6-8,11-18H2,1-2H3,(H,37,42). The van der Waals surface area contributed by atoms with Crippen LogP contribution in [0.15, 0.2) is 42.5 Å². The van der Waals surface area contributed by atoms with E-state index in [9.17, 15) is 9.90 Å². The SMILES string of the molecule is CC(=O)NCCCCCN(C)CCCOc1nc(N2CCNCC2)c2cc(Cl)c(-c3cc(O)cc4ccccc34)c(F)c2n1. The molecule has 0 unspecified atom stereocenters. The Hall–Kier alpha value is -3.73. The van der Waals surface area contributed by atoms with Gasteiger partial charge in [0.2, 0.25) is 5.91 Å². The van der Waals surface area contributed by atoms with Crippen molar-refractivity contribution in [1.82, 2.24) is 25.5 Å². The predicted octanol–water partition coefficient (Wildman–Crippen LogP) is 5.36. The maximum atomic E-state index is 16.6. The van der Waals surface area contributed by atoms with Crippen LogP contribution in [0.25, 0.3) is 32.8 Å². The Kier molecular flexibility index (Phi) is 10.7. The fourth-order valence-corrected chi connectivity index (χ4v) is 5.94. The molecule has 1 amide bonds. The molecule has 0 atom stereocenters. The number of benzene rings is 3. The van der Waals surface area contributed by atoms with E-state index in [1.165, 1.54) is 13.0 Å². The number of hydrogen-bond donors (Lipinski definition) is 3. The van der Waals surface area contributed by atoms with Crippen LogP contribution >= 0.6 is 11.6 Å². The summed E-state index contributed by atoms with van der Waals surface area (Å²) in [7, 11) is 2.08. The average Bonchev–Trinajstić information content (AvgIpc) is 3.01. The smallest absolute Gasteiger partial charge is 0.319 e. The third-order valence-electron chi connectivity index (χ3n) is 7.88. The Morgan fingerprint density at radius 2 is 1.86 bits per heavy atom. The lowest BCUT2D eigenvalue weighted by Crippen LogP contribution is -2.44. The molecule has 5 rings (SSSR count). The number of aromatic hydroxyl groups is 1. The zero-order valence-electron chi connectivity index (χ0n) is 25.3. The molecule has 0 aliphatic carbocycles. The molecule has 4 aromatic rings. The molecule has 9 nitrogen and oxygen atoms in total. The van der Waals surface area contributed by atoms with Gasteiger partial charge in [0.05, 0.1) is 11.6 Å². The second-order valence-electron chi connectivity index (χ2n) is 11.3. The zero-order valence-corrected chi connectivity index (χ0v) is 26.1. The van der Waals surface area contributed by atoms with E-state index in [1.54, 1.807) is 12.1 Å². The molecule has 1 saturated heterocycles. The number of unbranched alkanes of at least 4 members (excludes halogenated alkanes) is 2. The minimum atomic E-state index is -0.579. The summed E-state index contributed by atoms with van der Waals surface area (Å²) in [6, 6.07) is 12.5. The molecule has 44 heavy (non-hydrogen) atoms. The first kappa shape index (κ1) is 31.7. The van der Waals surface area contributed by atoms with E-state index >= 15 is 4.39 Å². The summed E-state index contributed by atoms with van der Waals surface area (Å²) in [5.41, 5.74) is 0.806. The summed E-state index contributed by atoms with van der Waals surface area (Å²) >= 11 is 6.79. The van der Waals surface area contributed by atoms with E-state index in [4.69, 9.17) is 21.3 Å². The monoisotopic (exact) mass is 622 g/mol. The van der Waals surface area contributed by atoms with Gasteiger partial charge in [-0.3, -0.25) is 4.79 Å². The molecule has 0 radical (unpaired) electrons. The molecule has 0 saturated carbocycles. The third-order valence-corrected chi connectivity index (χ3v) is 8.18. The van der Waals surface area contributed by atoms with Gasteiger partial charge in [-0.15, -0.1) is 0 Å². The molecule has 1 fully saturated rings. The second kappa shape index (κ2) is 14.8. The lowest BCUT2D eigenvalue weighted by atomic mass is 9.96. The summed E-state index contributed by atoms with van der Waals surface area (Å²) in [4.78, 5) is 24.6. The fraction of sp³-hybridized carbons (Fsp3) is 0.424. The van der Waals surface area contributed by atoms with Crippen molar-refractivity contribution in [2.45, 2.75) is 32.6 Å². The van der Waals surface area contributed by atoms with E-state index in [-0.39, 0.29) is 33.8 Å². The maximum absolute atomic E-state index is 16.6. The molecule has 3 aromatic carbocycles. The topological polar surface area (TPSA) is 103 Å². The normalized spacial score (nSPS) is 13.6. The highest BCUT2D eigenvalue weighted by Crippen LogP contribution is 2.42. The van der Waals surface area contributed by atoms with Crippen LogP contribution in [0.5, 0.6) is 11.8 Å². The number of phenolic OH excluding ortho intramolecular Hbond substituents is 1. The number of amides is 1. The number of carbonyl (C=O) groups excluding carboxylic acids is 1. The first-order valence-corrected chi connectivity index (χ1v) is 15.6. The van der Waals surface area contributed by atoms with Gasteiger partial charge in [-0.1, -0.05) is 42.3 Å². The highest BCUT2D eigenvalue weighted by atomic mass is 35.5. The Morgan fingerprint density at radius 1 is 1.09 bits per heavy atom. The van der Waals surface area contributed by atoms with Crippen LogP contribution in [-0.4, -0.2) is 85.3 Å². The van der Waals surface area contributed by atoms with Crippen molar-refractivity contribution in [3.63, 3.8) is 0 Å². The molecule has 3 N–H and O–H groups in total. The van der Waals surface area contributed by atoms with Gasteiger partial charge >= 0.3 is 6.01 Å². The number of nitrogens with zero attached hydrogens (tertiary/aromatic N) is 4. The number of halogens is 2. The minimum absolute atomic E-state index is 0.00893. The van der Waals surface area contributed by atoms with E-state index in [0.29, 0.717) is 43.0 Å². The number of nitrogens with one attached hydrogen (secondary N) is 2. The Labute approximate surface area is 262 Å².